The van der Waals surface area contributed by atoms with Gasteiger partial charge in [0.15, 0.2) is 0 Å². The van der Waals surface area contributed by atoms with Crippen LogP contribution in [0.5, 0.6) is 0 Å². The molecule has 140 valence electrons. The van der Waals surface area contributed by atoms with Crippen LogP contribution in [0.1, 0.15) is 92.9 Å². The van der Waals surface area contributed by atoms with Gasteiger partial charge in [-0.05, 0) is 57.4 Å². The van der Waals surface area contributed by atoms with Crippen LogP contribution in [0.3, 0.4) is 0 Å². The van der Waals surface area contributed by atoms with Crippen molar-refractivity contribution in [3.05, 3.63) is 23.3 Å². The molecule has 0 aromatic rings. The molecule has 0 N–H and O–H groups in total. The van der Waals surface area contributed by atoms with Gasteiger partial charge in [-0.2, -0.15) is 0 Å². The summed E-state index contributed by atoms with van der Waals surface area (Å²) >= 11 is 0. The molecule has 0 aliphatic carbocycles. The molecule has 0 aliphatic heterocycles. The van der Waals surface area contributed by atoms with Gasteiger partial charge in [0, 0.05) is 6.92 Å². The SMILES string of the molecule is CC(=O)OCC=C(C)CCC=C(C)CCCC(C)CCCC(C)C. The van der Waals surface area contributed by atoms with E-state index in [0.29, 0.717) is 6.61 Å². The average Bonchev–Trinajstić information content (AvgIpc) is 2.46. The third-order valence-electron chi connectivity index (χ3n) is 4.50. The van der Waals surface area contributed by atoms with Gasteiger partial charge in [0.1, 0.15) is 6.61 Å². The van der Waals surface area contributed by atoms with E-state index in [1.54, 1.807) is 0 Å². The maximum Gasteiger partial charge on any atom is 0.302 e. The van der Waals surface area contributed by atoms with Gasteiger partial charge in [-0.1, -0.05) is 63.7 Å². The van der Waals surface area contributed by atoms with Crippen molar-refractivity contribution < 1.29 is 9.53 Å². The molecule has 0 fully saturated rings. The Morgan fingerprint density at radius 3 is 2.12 bits per heavy atom. The van der Waals surface area contributed by atoms with E-state index in [2.05, 4.69) is 40.7 Å². The van der Waals surface area contributed by atoms with Crippen LogP contribution in [-0.2, 0) is 9.53 Å². The third kappa shape index (κ3) is 15.8. The summed E-state index contributed by atoms with van der Waals surface area (Å²) in [7, 11) is 0. The highest BCUT2D eigenvalue weighted by molar-refractivity contribution is 5.66. The van der Waals surface area contributed by atoms with Gasteiger partial charge in [-0.3, -0.25) is 4.79 Å². The smallest absolute Gasteiger partial charge is 0.302 e. The van der Waals surface area contributed by atoms with Crippen LogP contribution in [-0.4, -0.2) is 12.6 Å². The number of allylic oxidation sites excluding steroid dienone is 3. The van der Waals surface area contributed by atoms with Crippen LogP contribution in [0.15, 0.2) is 23.3 Å². The van der Waals surface area contributed by atoms with E-state index in [9.17, 15) is 4.79 Å². The minimum atomic E-state index is -0.215. The normalized spacial score (nSPS) is 14.1. The van der Waals surface area contributed by atoms with Crippen molar-refractivity contribution in [2.75, 3.05) is 6.61 Å². The van der Waals surface area contributed by atoms with Crippen molar-refractivity contribution in [2.45, 2.75) is 92.9 Å². The largest absolute Gasteiger partial charge is 0.462 e. The molecule has 0 heterocycles. The summed E-state index contributed by atoms with van der Waals surface area (Å²) < 4.78 is 4.93. The lowest BCUT2D eigenvalue weighted by molar-refractivity contribution is -0.139. The molecule has 0 radical (unpaired) electrons. The van der Waals surface area contributed by atoms with Crippen LogP contribution in [0.2, 0.25) is 0 Å². The minimum Gasteiger partial charge on any atom is -0.462 e. The van der Waals surface area contributed by atoms with Crippen LogP contribution < -0.4 is 0 Å². The first-order valence-corrected chi connectivity index (χ1v) is 9.75. The molecule has 1 atom stereocenters. The molecular formula is C22H40O2. The molecule has 0 spiro atoms. The highest BCUT2D eigenvalue weighted by Gasteiger charge is 2.03. The lowest BCUT2D eigenvalue weighted by Crippen LogP contribution is -1.98. The molecule has 0 rings (SSSR count). The van der Waals surface area contributed by atoms with Crippen LogP contribution in [0, 0.1) is 11.8 Å². The second-order valence-electron chi connectivity index (χ2n) is 7.76. The molecule has 0 bridgehead atoms. The Hall–Kier alpha value is -1.05. The molecule has 0 aromatic heterocycles. The number of rotatable bonds is 13. The highest BCUT2D eigenvalue weighted by Crippen LogP contribution is 2.19. The second kappa shape index (κ2) is 14.3. The number of carbonyl (C=O) groups is 1. The monoisotopic (exact) mass is 336 g/mol. The lowest BCUT2D eigenvalue weighted by atomic mass is 9.94. The first-order valence-electron chi connectivity index (χ1n) is 9.75. The number of ether oxygens (including phenoxy) is 1. The molecule has 0 aromatic carbocycles. The van der Waals surface area contributed by atoms with Gasteiger partial charge in [0.05, 0.1) is 0 Å². The van der Waals surface area contributed by atoms with E-state index >= 15 is 0 Å². The maximum absolute atomic E-state index is 10.7. The van der Waals surface area contributed by atoms with Gasteiger partial charge in [-0.25, -0.2) is 0 Å². The van der Waals surface area contributed by atoms with Gasteiger partial charge in [0.25, 0.3) is 0 Å². The summed E-state index contributed by atoms with van der Waals surface area (Å²) in [6.07, 6.45) is 14.5. The predicted molar refractivity (Wildman–Crippen MR) is 105 cm³/mol. The first kappa shape index (κ1) is 22.9. The third-order valence-corrected chi connectivity index (χ3v) is 4.50. The van der Waals surface area contributed by atoms with Crippen molar-refractivity contribution in [3.8, 4) is 0 Å². The van der Waals surface area contributed by atoms with Crippen molar-refractivity contribution >= 4 is 5.97 Å². The Balaban J connectivity index is 3.77. The number of hydrogen-bond acceptors (Lipinski definition) is 2. The zero-order valence-corrected chi connectivity index (χ0v) is 17.0. The fraction of sp³-hybridized carbons (Fsp3) is 0.773. The Labute approximate surface area is 150 Å². The van der Waals surface area contributed by atoms with Crippen LogP contribution >= 0.6 is 0 Å². The van der Waals surface area contributed by atoms with Crippen molar-refractivity contribution in [1.82, 2.24) is 0 Å². The highest BCUT2D eigenvalue weighted by atomic mass is 16.5. The summed E-state index contributed by atoms with van der Waals surface area (Å²) in [5.74, 6) is 1.49. The summed E-state index contributed by atoms with van der Waals surface area (Å²) in [6, 6.07) is 0. The molecule has 2 nitrogen and oxygen atoms in total. The zero-order chi connectivity index (χ0) is 18.4. The molecule has 2 heteroatoms. The molecule has 0 saturated carbocycles. The summed E-state index contributed by atoms with van der Waals surface area (Å²) in [6.45, 7) is 13.2. The second-order valence-corrected chi connectivity index (χ2v) is 7.76. The molecule has 0 amide bonds. The Morgan fingerprint density at radius 2 is 1.50 bits per heavy atom. The summed E-state index contributed by atoms with van der Waals surface area (Å²) in [5, 5.41) is 0. The zero-order valence-electron chi connectivity index (χ0n) is 17.0. The summed E-state index contributed by atoms with van der Waals surface area (Å²) in [4.78, 5) is 10.7. The Morgan fingerprint density at radius 1 is 0.875 bits per heavy atom. The van der Waals surface area contributed by atoms with Crippen LogP contribution in [0.25, 0.3) is 0 Å². The van der Waals surface area contributed by atoms with Gasteiger partial charge >= 0.3 is 5.97 Å². The molecule has 0 aliphatic rings. The van der Waals surface area contributed by atoms with E-state index in [1.165, 1.54) is 56.6 Å². The standard InChI is InChI=1S/C22H40O2/c1-18(2)10-7-11-19(3)12-8-13-20(4)14-9-15-21(5)16-17-24-22(6)23/h14,16,18-19H,7-13,15,17H2,1-6H3. The minimum absolute atomic E-state index is 0.215. The van der Waals surface area contributed by atoms with Gasteiger partial charge in [-0.15, -0.1) is 0 Å². The first-order chi connectivity index (χ1) is 11.3. The van der Waals surface area contributed by atoms with Crippen molar-refractivity contribution in [3.63, 3.8) is 0 Å². The fourth-order valence-electron chi connectivity index (χ4n) is 2.80. The van der Waals surface area contributed by atoms with Gasteiger partial charge < -0.3 is 4.74 Å². The van der Waals surface area contributed by atoms with E-state index in [0.717, 1.165) is 24.7 Å². The summed E-state index contributed by atoms with van der Waals surface area (Å²) in [5.41, 5.74) is 2.80. The molecule has 24 heavy (non-hydrogen) atoms. The topological polar surface area (TPSA) is 26.3 Å². The molecule has 1 unspecified atom stereocenters. The maximum atomic E-state index is 10.7. The Kier molecular flexibility index (Phi) is 13.7. The Bertz CT molecular complexity index is 391. The predicted octanol–water partition coefficient (Wildman–Crippen LogP) is 6.86. The van der Waals surface area contributed by atoms with E-state index in [4.69, 9.17) is 4.74 Å². The quantitative estimate of drug-likeness (QED) is 0.271. The van der Waals surface area contributed by atoms with Crippen molar-refractivity contribution in [2.24, 2.45) is 11.8 Å². The molecular weight excluding hydrogens is 296 g/mol. The van der Waals surface area contributed by atoms with E-state index in [-0.39, 0.29) is 5.97 Å². The van der Waals surface area contributed by atoms with E-state index < -0.39 is 0 Å². The van der Waals surface area contributed by atoms with Gasteiger partial charge in [0.2, 0.25) is 0 Å². The number of carbonyl (C=O) groups excluding carboxylic acids is 1. The van der Waals surface area contributed by atoms with E-state index in [1.807, 2.05) is 6.08 Å². The average molecular weight is 337 g/mol. The fourth-order valence-corrected chi connectivity index (χ4v) is 2.80. The molecule has 0 saturated heterocycles. The number of esters is 1. The lowest BCUT2D eigenvalue weighted by Gasteiger charge is -2.12. The number of hydrogen-bond donors (Lipinski definition) is 0. The van der Waals surface area contributed by atoms with Crippen molar-refractivity contribution in [1.29, 1.82) is 0 Å². The van der Waals surface area contributed by atoms with Crippen LogP contribution in [0.4, 0.5) is 0 Å².